The van der Waals surface area contributed by atoms with E-state index >= 15 is 0 Å². The molecular formula is C16H12BrFOS. The largest absolute Gasteiger partial charge is 0.388 e. The number of aliphatic hydroxyl groups is 1. The van der Waals surface area contributed by atoms with Crippen LogP contribution in [0.3, 0.4) is 0 Å². The summed E-state index contributed by atoms with van der Waals surface area (Å²) in [4.78, 5) is 0. The molecule has 4 heteroatoms. The Balaban J connectivity index is 1.88. The van der Waals surface area contributed by atoms with Gasteiger partial charge in [0, 0.05) is 11.1 Å². The summed E-state index contributed by atoms with van der Waals surface area (Å²) in [5, 5.41) is 13.6. The maximum absolute atomic E-state index is 13.2. The zero-order valence-corrected chi connectivity index (χ0v) is 12.9. The highest BCUT2D eigenvalue weighted by molar-refractivity contribution is 9.10. The minimum absolute atomic E-state index is 0.318. The second-order valence-electron chi connectivity index (χ2n) is 4.65. The van der Waals surface area contributed by atoms with E-state index in [2.05, 4.69) is 33.4 Å². The molecule has 1 nitrogen and oxygen atoms in total. The van der Waals surface area contributed by atoms with Crippen molar-refractivity contribution in [2.75, 3.05) is 0 Å². The smallest absolute Gasteiger partial charge is 0.137 e. The number of rotatable bonds is 3. The lowest BCUT2D eigenvalue weighted by atomic mass is 10.0. The average Bonchev–Trinajstić information content (AvgIpc) is 2.85. The van der Waals surface area contributed by atoms with Gasteiger partial charge >= 0.3 is 0 Å². The highest BCUT2D eigenvalue weighted by Gasteiger charge is 2.13. The Labute approximate surface area is 128 Å². The Hall–Kier alpha value is -1.23. The van der Waals surface area contributed by atoms with Gasteiger partial charge < -0.3 is 5.11 Å². The van der Waals surface area contributed by atoms with Crippen molar-refractivity contribution in [3.05, 3.63) is 69.3 Å². The second kappa shape index (κ2) is 5.64. The first-order chi connectivity index (χ1) is 9.65. The number of hydrogen-bond donors (Lipinski definition) is 1. The molecule has 0 amide bonds. The van der Waals surface area contributed by atoms with Crippen LogP contribution in [0.4, 0.5) is 4.39 Å². The van der Waals surface area contributed by atoms with E-state index in [0.717, 1.165) is 5.56 Å². The zero-order chi connectivity index (χ0) is 14.1. The van der Waals surface area contributed by atoms with E-state index < -0.39 is 6.10 Å². The molecule has 0 fully saturated rings. The Morgan fingerprint density at radius 1 is 1.20 bits per heavy atom. The molecule has 3 aromatic rings. The molecular weight excluding hydrogens is 339 g/mol. The highest BCUT2D eigenvalue weighted by atomic mass is 79.9. The summed E-state index contributed by atoms with van der Waals surface area (Å²) >= 11 is 4.82. The van der Waals surface area contributed by atoms with E-state index in [9.17, 15) is 9.50 Å². The van der Waals surface area contributed by atoms with E-state index in [4.69, 9.17) is 0 Å². The molecule has 0 bridgehead atoms. The maximum Gasteiger partial charge on any atom is 0.137 e. The van der Waals surface area contributed by atoms with Crippen LogP contribution in [0.25, 0.3) is 10.1 Å². The molecule has 0 aliphatic rings. The fourth-order valence-electron chi connectivity index (χ4n) is 2.24. The van der Waals surface area contributed by atoms with Gasteiger partial charge in [-0.25, -0.2) is 4.39 Å². The monoisotopic (exact) mass is 350 g/mol. The van der Waals surface area contributed by atoms with Gasteiger partial charge in [0.1, 0.15) is 5.82 Å². The third-order valence-electron chi connectivity index (χ3n) is 3.30. The average molecular weight is 351 g/mol. The van der Waals surface area contributed by atoms with E-state index in [1.54, 1.807) is 23.5 Å². The van der Waals surface area contributed by atoms with Crippen molar-refractivity contribution in [3.63, 3.8) is 0 Å². The van der Waals surface area contributed by atoms with E-state index in [1.807, 2.05) is 12.1 Å². The van der Waals surface area contributed by atoms with Crippen LogP contribution in [0.1, 0.15) is 17.2 Å². The molecule has 102 valence electrons. The lowest BCUT2D eigenvalue weighted by Gasteiger charge is -2.11. The Morgan fingerprint density at radius 2 is 2.00 bits per heavy atom. The number of aliphatic hydroxyl groups excluding tert-OH is 1. The molecule has 1 heterocycles. The fourth-order valence-corrected chi connectivity index (χ4v) is 3.61. The SMILES string of the molecule is OC(Cc1csc2ccccc12)c1ccc(F)c(Br)c1. The van der Waals surface area contributed by atoms with Crippen LogP contribution in [0, 0.1) is 5.82 Å². The van der Waals surface area contributed by atoms with Crippen molar-refractivity contribution < 1.29 is 9.50 Å². The van der Waals surface area contributed by atoms with E-state index in [-0.39, 0.29) is 5.82 Å². The molecule has 1 N–H and O–H groups in total. The Morgan fingerprint density at radius 3 is 2.80 bits per heavy atom. The molecule has 0 aliphatic heterocycles. The van der Waals surface area contributed by atoms with Crippen molar-refractivity contribution in [2.24, 2.45) is 0 Å². The lowest BCUT2D eigenvalue weighted by molar-refractivity contribution is 0.179. The summed E-state index contributed by atoms with van der Waals surface area (Å²) in [6.45, 7) is 0. The van der Waals surface area contributed by atoms with Crippen LogP contribution in [-0.2, 0) is 6.42 Å². The molecule has 0 aliphatic carbocycles. The van der Waals surface area contributed by atoms with Crippen molar-refractivity contribution in [1.82, 2.24) is 0 Å². The predicted molar refractivity (Wildman–Crippen MR) is 84.6 cm³/mol. The summed E-state index contributed by atoms with van der Waals surface area (Å²) in [7, 11) is 0. The highest BCUT2D eigenvalue weighted by Crippen LogP contribution is 2.30. The third-order valence-corrected chi connectivity index (χ3v) is 4.92. The van der Waals surface area contributed by atoms with E-state index in [0.29, 0.717) is 16.5 Å². The van der Waals surface area contributed by atoms with Crippen molar-refractivity contribution in [3.8, 4) is 0 Å². The van der Waals surface area contributed by atoms with Crippen LogP contribution in [0.15, 0.2) is 52.3 Å². The van der Waals surface area contributed by atoms with Crippen LogP contribution < -0.4 is 0 Å². The fraction of sp³-hybridized carbons (Fsp3) is 0.125. The number of hydrogen-bond acceptors (Lipinski definition) is 2. The van der Waals surface area contributed by atoms with Crippen LogP contribution >= 0.6 is 27.3 Å². The number of benzene rings is 2. The number of halogens is 2. The molecule has 0 saturated carbocycles. The summed E-state index contributed by atoms with van der Waals surface area (Å²) in [6.07, 6.45) is -0.104. The Kier molecular flexibility index (Phi) is 3.87. The van der Waals surface area contributed by atoms with Gasteiger partial charge in [-0.15, -0.1) is 11.3 Å². The lowest BCUT2D eigenvalue weighted by Crippen LogP contribution is -2.01. The third kappa shape index (κ3) is 2.64. The molecule has 1 unspecified atom stereocenters. The first-order valence-corrected chi connectivity index (χ1v) is 7.90. The first-order valence-electron chi connectivity index (χ1n) is 6.23. The van der Waals surface area contributed by atoms with Crippen molar-refractivity contribution in [1.29, 1.82) is 0 Å². The minimum atomic E-state index is -0.634. The number of fused-ring (bicyclic) bond motifs is 1. The number of thiophene rings is 1. The predicted octanol–water partition coefficient (Wildman–Crippen LogP) is 5.08. The minimum Gasteiger partial charge on any atom is -0.388 e. The van der Waals surface area contributed by atoms with Gasteiger partial charge in [0.2, 0.25) is 0 Å². The molecule has 1 aromatic heterocycles. The van der Waals surface area contributed by atoms with Crippen LogP contribution in [0.5, 0.6) is 0 Å². The topological polar surface area (TPSA) is 20.2 Å². The molecule has 0 radical (unpaired) electrons. The molecule has 0 spiro atoms. The van der Waals surface area contributed by atoms with Gasteiger partial charge in [0.25, 0.3) is 0 Å². The molecule has 3 rings (SSSR count). The summed E-state index contributed by atoms with van der Waals surface area (Å²) in [5.74, 6) is -0.318. The normalized spacial score (nSPS) is 12.8. The molecule has 1 atom stereocenters. The van der Waals surface area contributed by atoms with E-state index in [1.165, 1.54) is 16.2 Å². The molecule has 0 saturated heterocycles. The summed E-state index contributed by atoms with van der Waals surface area (Å²) in [5.41, 5.74) is 1.84. The van der Waals surface area contributed by atoms with Crippen LogP contribution in [0.2, 0.25) is 0 Å². The maximum atomic E-state index is 13.2. The van der Waals surface area contributed by atoms with Crippen molar-refractivity contribution >= 4 is 37.4 Å². The molecule has 20 heavy (non-hydrogen) atoms. The van der Waals surface area contributed by atoms with Gasteiger partial charge in [-0.05, 0) is 56.0 Å². The quantitative estimate of drug-likeness (QED) is 0.698. The van der Waals surface area contributed by atoms with Gasteiger partial charge in [-0.2, -0.15) is 0 Å². The summed E-state index contributed by atoms with van der Waals surface area (Å²) in [6, 6.07) is 12.8. The van der Waals surface area contributed by atoms with Gasteiger partial charge in [-0.3, -0.25) is 0 Å². The summed E-state index contributed by atoms with van der Waals surface area (Å²) < 4.78 is 14.8. The van der Waals surface area contributed by atoms with Crippen LogP contribution in [-0.4, -0.2) is 5.11 Å². The zero-order valence-electron chi connectivity index (χ0n) is 10.5. The first kappa shape index (κ1) is 13.7. The van der Waals surface area contributed by atoms with Gasteiger partial charge in [0.15, 0.2) is 0 Å². The Bertz CT molecular complexity index is 753. The van der Waals surface area contributed by atoms with Crippen molar-refractivity contribution in [2.45, 2.75) is 12.5 Å². The van der Waals surface area contributed by atoms with Gasteiger partial charge in [-0.1, -0.05) is 24.3 Å². The van der Waals surface area contributed by atoms with Gasteiger partial charge in [0.05, 0.1) is 10.6 Å². The second-order valence-corrected chi connectivity index (χ2v) is 6.42. The molecule has 2 aromatic carbocycles. The standard InChI is InChI=1S/C16H12BrFOS/c17-13-7-10(5-6-14(13)18)15(19)8-11-9-20-16-4-2-1-3-12(11)16/h1-7,9,15,19H,8H2.